The van der Waals surface area contributed by atoms with Crippen molar-refractivity contribution < 1.29 is 36.6 Å². The van der Waals surface area contributed by atoms with Crippen LogP contribution in [0.5, 0.6) is 11.6 Å². The summed E-state index contributed by atoms with van der Waals surface area (Å²) in [5.41, 5.74) is 7.04. The summed E-state index contributed by atoms with van der Waals surface area (Å²) in [7, 11) is 0. The van der Waals surface area contributed by atoms with Gasteiger partial charge in [0.2, 0.25) is 11.8 Å². The molecule has 1 saturated heterocycles. The normalized spacial score (nSPS) is 18.1. The van der Waals surface area contributed by atoms with Gasteiger partial charge in [-0.1, -0.05) is 12.1 Å². The number of amides is 2. The highest BCUT2D eigenvalue weighted by Crippen LogP contribution is 2.27. The van der Waals surface area contributed by atoms with Crippen LogP contribution in [-0.4, -0.2) is 63.4 Å². The molecule has 2 aromatic heterocycles. The fourth-order valence-electron chi connectivity index (χ4n) is 3.77. The zero-order chi connectivity index (χ0) is 25.9. The van der Waals surface area contributed by atoms with Gasteiger partial charge in [-0.25, -0.2) is 14.4 Å². The Hall–Kier alpha value is -4.16. The molecule has 0 saturated carbocycles. The number of nitrogens with zero attached hydrogens (tertiary/aromatic N) is 3. The predicted octanol–water partition coefficient (Wildman–Crippen LogP) is 3.03. The fraction of sp³-hybridized carbons (Fsp3) is 0.304. The van der Waals surface area contributed by atoms with Crippen molar-refractivity contribution in [2.24, 2.45) is 5.73 Å². The van der Waals surface area contributed by atoms with Crippen LogP contribution in [0.25, 0.3) is 11.3 Å². The number of benzene rings is 1. The van der Waals surface area contributed by atoms with E-state index >= 15 is 0 Å². The van der Waals surface area contributed by atoms with Crippen molar-refractivity contribution in [1.82, 2.24) is 19.9 Å². The number of nitrogens with one attached hydrogen (secondary N) is 1. The lowest BCUT2D eigenvalue weighted by Crippen LogP contribution is -2.49. The number of halogens is 4. The molecule has 2 amide bonds. The second-order valence-corrected chi connectivity index (χ2v) is 8.08. The first-order chi connectivity index (χ1) is 17.1. The third-order valence-corrected chi connectivity index (χ3v) is 5.54. The minimum Gasteiger partial charge on any atom is -0.471 e. The Morgan fingerprint density at radius 2 is 1.94 bits per heavy atom. The van der Waals surface area contributed by atoms with Crippen molar-refractivity contribution in [3.8, 4) is 22.9 Å². The molecule has 1 aromatic carbocycles. The summed E-state index contributed by atoms with van der Waals surface area (Å²) in [6.45, 7) is -0.0752. The van der Waals surface area contributed by atoms with Gasteiger partial charge in [-0.15, -0.1) is 13.2 Å². The first-order valence-corrected chi connectivity index (χ1v) is 10.8. The first kappa shape index (κ1) is 24.9. The fourth-order valence-corrected chi connectivity index (χ4v) is 3.77. The van der Waals surface area contributed by atoms with Crippen LogP contribution in [-0.2, 0) is 11.2 Å². The van der Waals surface area contributed by atoms with Crippen molar-refractivity contribution in [2.75, 3.05) is 13.1 Å². The molecule has 0 radical (unpaired) electrons. The maximum Gasteiger partial charge on any atom is 0.573 e. The van der Waals surface area contributed by atoms with Crippen LogP contribution >= 0.6 is 0 Å². The molecule has 1 unspecified atom stereocenters. The molecule has 0 bridgehead atoms. The first-order valence-electron chi connectivity index (χ1n) is 10.8. The number of ether oxygens (including phenoxy) is 2. The van der Waals surface area contributed by atoms with E-state index in [1.807, 2.05) is 0 Å². The van der Waals surface area contributed by atoms with Gasteiger partial charge in [-0.05, 0) is 23.8 Å². The average molecular weight is 507 g/mol. The summed E-state index contributed by atoms with van der Waals surface area (Å²) < 4.78 is 61.2. The maximum atomic E-state index is 14.9. The van der Waals surface area contributed by atoms with Gasteiger partial charge in [0.25, 0.3) is 5.91 Å². The monoisotopic (exact) mass is 507 g/mol. The molecule has 1 fully saturated rings. The zero-order valence-corrected chi connectivity index (χ0v) is 18.7. The van der Waals surface area contributed by atoms with Crippen LogP contribution in [0, 0.1) is 0 Å². The molecule has 4 rings (SSSR count). The maximum absolute atomic E-state index is 14.9. The minimum absolute atomic E-state index is 0.0224. The topological polar surface area (TPSA) is 123 Å². The number of H-pyrrole nitrogens is 1. The molecule has 3 N–H and O–H groups in total. The van der Waals surface area contributed by atoms with E-state index < -0.39 is 30.3 Å². The number of imidazole rings is 1. The van der Waals surface area contributed by atoms with E-state index in [0.29, 0.717) is 16.8 Å². The molecule has 9 nitrogen and oxygen atoms in total. The molecule has 1 aliphatic rings. The molecule has 0 spiro atoms. The smallest absolute Gasteiger partial charge is 0.471 e. The van der Waals surface area contributed by atoms with Crippen LogP contribution in [0.3, 0.4) is 0 Å². The van der Waals surface area contributed by atoms with Crippen LogP contribution in [0.15, 0.2) is 49.1 Å². The lowest BCUT2D eigenvalue weighted by Gasteiger charge is -2.34. The number of hydrogen-bond donors (Lipinski definition) is 2. The number of aromatic nitrogens is 3. The molecular weight excluding hydrogens is 486 g/mol. The standard InChI is InChI=1S/C23H21F4N5O4/c24-17-11-32(20(33)7-13-1-3-15(4-2-13)36-23(25,26)27)6-5-19(17)35-22-16(21(28)34)8-14(9-30-22)18-10-29-12-31-18/h1-4,8-10,12,17,19H,5-7,11H2,(H2,28,34)(H,29,31)/t17?,19-/m0/s1. The summed E-state index contributed by atoms with van der Waals surface area (Å²) in [4.78, 5) is 36.8. The van der Waals surface area contributed by atoms with Gasteiger partial charge in [0.05, 0.1) is 31.2 Å². The Balaban J connectivity index is 1.36. The van der Waals surface area contributed by atoms with Crippen molar-refractivity contribution in [3.63, 3.8) is 0 Å². The van der Waals surface area contributed by atoms with E-state index in [0.717, 1.165) is 12.1 Å². The van der Waals surface area contributed by atoms with Crippen molar-refractivity contribution in [2.45, 2.75) is 31.5 Å². The summed E-state index contributed by atoms with van der Waals surface area (Å²) in [5.74, 6) is -1.70. The summed E-state index contributed by atoms with van der Waals surface area (Å²) in [6.07, 6.45) is -2.89. The number of carbonyl (C=O) groups is 2. The third-order valence-electron chi connectivity index (χ3n) is 5.54. The molecule has 190 valence electrons. The average Bonchev–Trinajstić information content (AvgIpc) is 3.36. The number of pyridine rings is 1. The molecular formula is C23H21F4N5O4. The van der Waals surface area contributed by atoms with E-state index in [-0.39, 0.29) is 43.3 Å². The van der Waals surface area contributed by atoms with Crippen LogP contribution in [0.2, 0.25) is 0 Å². The number of carbonyl (C=O) groups excluding carboxylic acids is 2. The van der Waals surface area contributed by atoms with Gasteiger partial charge in [0.15, 0.2) is 6.17 Å². The number of piperidine rings is 1. The largest absolute Gasteiger partial charge is 0.573 e. The van der Waals surface area contributed by atoms with E-state index in [1.165, 1.54) is 41.8 Å². The third kappa shape index (κ3) is 6.09. The minimum atomic E-state index is -4.81. The molecule has 0 aliphatic carbocycles. The van der Waals surface area contributed by atoms with Crippen LogP contribution in [0.1, 0.15) is 22.3 Å². The zero-order valence-electron chi connectivity index (χ0n) is 18.7. The molecule has 3 aromatic rings. The Morgan fingerprint density at radius 1 is 1.19 bits per heavy atom. The van der Waals surface area contributed by atoms with Gasteiger partial charge >= 0.3 is 6.36 Å². The van der Waals surface area contributed by atoms with Gasteiger partial charge in [-0.3, -0.25) is 9.59 Å². The van der Waals surface area contributed by atoms with Crippen molar-refractivity contribution in [3.05, 3.63) is 60.2 Å². The molecule has 3 heterocycles. The molecule has 1 aliphatic heterocycles. The number of primary amides is 1. The molecule has 36 heavy (non-hydrogen) atoms. The second-order valence-electron chi connectivity index (χ2n) is 8.08. The van der Waals surface area contributed by atoms with E-state index in [2.05, 4.69) is 19.7 Å². The van der Waals surface area contributed by atoms with Crippen molar-refractivity contribution in [1.29, 1.82) is 0 Å². The molecule has 2 atom stereocenters. The van der Waals surface area contributed by atoms with E-state index in [9.17, 15) is 27.2 Å². The van der Waals surface area contributed by atoms with Crippen LogP contribution < -0.4 is 15.2 Å². The number of rotatable bonds is 7. The summed E-state index contributed by atoms with van der Waals surface area (Å²) in [6, 6.07) is 6.36. The van der Waals surface area contributed by atoms with Crippen molar-refractivity contribution >= 4 is 11.8 Å². The quantitative estimate of drug-likeness (QED) is 0.474. The van der Waals surface area contributed by atoms with Crippen LogP contribution in [0.4, 0.5) is 17.6 Å². The Kier molecular flexibility index (Phi) is 7.08. The highest BCUT2D eigenvalue weighted by molar-refractivity contribution is 5.96. The summed E-state index contributed by atoms with van der Waals surface area (Å²) >= 11 is 0. The highest BCUT2D eigenvalue weighted by Gasteiger charge is 2.34. The number of nitrogens with two attached hydrogens (primary N) is 1. The number of alkyl halides is 4. The van der Waals surface area contributed by atoms with Gasteiger partial charge in [0, 0.05) is 24.7 Å². The predicted molar refractivity (Wildman–Crippen MR) is 118 cm³/mol. The van der Waals surface area contributed by atoms with Gasteiger partial charge < -0.3 is 25.1 Å². The highest BCUT2D eigenvalue weighted by atomic mass is 19.4. The number of aromatic amines is 1. The van der Waals surface area contributed by atoms with E-state index in [1.54, 1.807) is 0 Å². The lowest BCUT2D eigenvalue weighted by molar-refractivity contribution is -0.274. The SMILES string of the molecule is NC(=O)c1cc(-c2cnc[nH]2)cnc1O[C@H]1CCN(C(=O)Cc2ccc(OC(F)(F)F)cc2)CC1F. The van der Waals surface area contributed by atoms with Gasteiger partial charge in [0.1, 0.15) is 17.4 Å². The number of likely N-dealkylation sites (tertiary alicyclic amines) is 1. The second kappa shape index (κ2) is 10.2. The Morgan fingerprint density at radius 3 is 2.56 bits per heavy atom. The Labute approximate surface area is 202 Å². The number of hydrogen-bond acceptors (Lipinski definition) is 6. The summed E-state index contributed by atoms with van der Waals surface area (Å²) in [5, 5.41) is 0. The Bertz CT molecular complexity index is 1220. The van der Waals surface area contributed by atoms with E-state index in [4.69, 9.17) is 10.5 Å². The van der Waals surface area contributed by atoms with Gasteiger partial charge in [-0.2, -0.15) is 0 Å². The molecule has 13 heteroatoms. The lowest BCUT2D eigenvalue weighted by atomic mass is 10.0.